The first-order valence-electron chi connectivity index (χ1n) is 9.04. The van der Waals surface area contributed by atoms with Gasteiger partial charge in [0.25, 0.3) is 5.91 Å². The molecular formula is C19H27N3O6. The third kappa shape index (κ3) is 5.51. The average Bonchev–Trinajstić information content (AvgIpc) is 2.99. The zero-order valence-electron chi connectivity index (χ0n) is 16.4. The van der Waals surface area contributed by atoms with Crippen molar-refractivity contribution in [1.82, 2.24) is 0 Å². The molecule has 1 aliphatic heterocycles. The predicted octanol–water partition coefficient (Wildman–Crippen LogP) is 0.905. The highest BCUT2D eigenvalue weighted by Gasteiger charge is 2.29. The Balaban J connectivity index is 1.99. The van der Waals surface area contributed by atoms with E-state index in [0.717, 1.165) is 11.3 Å². The van der Waals surface area contributed by atoms with Crippen LogP contribution in [0.25, 0.3) is 0 Å². The summed E-state index contributed by atoms with van der Waals surface area (Å²) < 4.78 is 5.33. The van der Waals surface area contributed by atoms with Crippen molar-refractivity contribution in [1.29, 1.82) is 0 Å². The molecule has 1 aromatic rings. The van der Waals surface area contributed by atoms with E-state index in [2.05, 4.69) is 15.8 Å². The molecule has 0 bridgehead atoms. The number of methoxy groups -OCH3 is 1. The second-order valence-electron chi connectivity index (χ2n) is 7.02. The molecule has 1 aromatic carbocycles. The number of ether oxygens (including phenoxy) is 1. The Kier molecular flexibility index (Phi) is 7.50. The highest BCUT2D eigenvalue weighted by atomic mass is 16.6. The number of aliphatic hydroxyl groups excluding tert-OH is 2. The molecule has 1 aliphatic rings. The number of hydrogen-bond acceptors (Lipinski definition) is 7. The van der Waals surface area contributed by atoms with Crippen molar-refractivity contribution < 1.29 is 29.4 Å². The summed E-state index contributed by atoms with van der Waals surface area (Å²) in [5.74, 6) is -0.569. The van der Waals surface area contributed by atoms with E-state index in [9.17, 15) is 19.8 Å². The first kappa shape index (κ1) is 21.8. The Bertz CT molecular complexity index is 747. The smallest absolute Gasteiger partial charge is 0.265 e. The number of oxime groups is 1. The molecule has 0 aliphatic carbocycles. The maximum absolute atomic E-state index is 12.1. The number of rotatable bonds is 9. The Hall–Kier alpha value is -2.49. The van der Waals surface area contributed by atoms with Gasteiger partial charge < -0.3 is 30.4 Å². The Morgan fingerprint density at radius 2 is 2.04 bits per heavy atom. The Morgan fingerprint density at radius 3 is 2.64 bits per heavy atom. The van der Waals surface area contributed by atoms with Crippen LogP contribution in [0, 0.1) is 5.92 Å². The van der Waals surface area contributed by atoms with E-state index in [0.29, 0.717) is 5.69 Å². The molecule has 2 rings (SSSR count). The van der Waals surface area contributed by atoms with Crippen LogP contribution in [0.15, 0.2) is 23.4 Å². The standard InChI is InChI=1S/C19H27N3O6/c1-10(2)19(27-4)17(18(26)11(3)23)22-28-9-16(25)20-13-5-6-14-12(7-13)8-15(24)21-14/h5-7,10-11,18-19,23,26H,8-9H2,1-4H3,(H,20,25)(H,21,24)/b22-17+/t11-,18+,19+/m1/s1. The van der Waals surface area contributed by atoms with Crippen molar-refractivity contribution in [3.8, 4) is 0 Å². The van der Waals surface area contributed by atoms with E-state index < -0.39 is 30.8 Å². The molecule has 0 spiro atoms. The fourth-order valence-electron chi connectivity index (χ4n) is 2.93. The monoisotopic (exact) mass is 393 g/mol. The van der Waals surface area contributed by atoms with E-state index in [1.165, 1.54) is 14.0 Å². The van der Waals surface area contributed by atoms with Crippen LogP contribution in [0.4, 0.5) is 11.4 Å². The van der Waals surface area contributed by atoms with E-state index in [1.807, 2.05) is 13.8 Å². The highest BCUT2D eigenvalue weighted by molar-refractivity contribution is 6.00. The molecule has 28 heavy (non-hydrogen) atoms. The van der Waals surface area contributed by atoms with E-state index in [-0.39, 0.29) is 24.0 Å². The zero-order valence-corrected chi connectivity index (χ0v) is 16.4. The first-order chi connectivity index (χ1) is 13.2. The third-order valence-electron chi connectivity index (χ3n) is 4.29. The van der Waals surface area contributed by atoms with Crippen LogP contribution < -0.4 is 10.6 Å². The van der Waals surface area contributed by atoms with Crippen molar-refractivity contribution in [2.75, 3.05) is 24.4 Å². The number of aliphatic hydroxyl groups is 2. The molecule has 0 saturated heterocycles. The molecule has 4 N–H and O–H groups in total. The van der Waals surface area contributed by atoms with Gasteiger partial charge in [-0.2, -0.15) is 0 Å². The van der Waals surface area contributed by atoms with Crippen LogP contribution in [-0.2, 0) is 25.6 Å². The minimum atomic E-state index is -1.28. The fourth-order valence-corrected chi connectivity index (χ4v) is 2.93. The quantitative estimate of drug-likeness (QED) is 0.364. The number of anilines is 2. The molecule has 154 valence electrons. The molecule has 3 atom stereocenters. The minimum Gasteiger partial charge on any atom is -0.390 e. The van der Waals surface area contributed by atoms with Crippen molar-refractivity contribution in [2.45, 2.75) is 45.5 Å². The molecule has 0 saturated carbocycles. The maximum Gasteiger partial charge on any atom is 0.265 e. The molecule has 0 aromatic heterocycles. The summed E-state index contributed by atoms with van der Waals surface area (Å²) in [5, 5.41) is 29.1. The number of nitrogens with zero attached hydrogens (tertiary/aromatic N) is 1. The second-order valence-corrected chi connectivity index (χ2v) is 7.02. The summed E-state index contributed by atoms with van der Waals surface area (Å²) in [4.78, 5) is 28.6. The van der Waals surface area contributed by atoms with Crippen LogP contribution in [0.2, 0.25) is 0 Å². The lowest BCUT2D eigenvalue weighted by Gasteiger charge is -2.25. The van der Waals surface area contributed by atoms with Gasteiger partial charge in [-0.05, 0) is 36.6 Å². The maximum atomic E-state index is 12.1. The molecule has 0 radical (unpaired) electrons. The summed E-state index contributed by atoms with van der Waals surface area (Å²) in [6.45, 7) is 4.78. The summed E-state index contributed by atoms with van der Waals surface area (Å²) in [6.07, 6.45) is -2.66. The van der Waals surface area contributed by atoms with Crippen LogP contribution in [0.1, 0.15) is 26.3 Å². The normalized spacial score (nSPS) is 17.0. The van der Waals surface area contributed by atoms with Crippen molar-refractivity contribution in [3.63, 3.8) is 0 Å². The molecule has 9 nitrogen and oxygen atoms in total. The van der Waals surface area contributed by atoms with Gasteiger partial charge in [-0.25, -0.2) is 0 Å². The second kappa shape index (κ2) is 9.63. The van der Waals surface area contributed by atoms with Crippen molar-refractivity contribution in [3.05, 3.63) is 23.8 Å². The van der Waals surface area contributed by atoms with E-state index in [4.69, 9.17) is 9.57 Å². The van der Waals surface area contributed by atoms with E-state index in [1.54, 1.807) is 18.2 Å². The summed E-state index contributed by atoms with van der Waals surface area (Å²) in [7, 11) is 1.47. The third-order valence-corrected chi connectivity index (χ3v) is 4.29. The van der Waals surface area contributed by atoms with Gasteiger partial charge >= 0.3 is 0 Å². The number of hydrogen-bond donors (Lipinski definition) is 4. The van der Waals surface area contributed by atoms with Gasteiger partial charge in [0.2, 0.25) is 5.91 Å². The van der Waals surface area contributed by atoms with Crippen molar-refractivity contribution >= 4 is 28.9 Å². The number of fused-ring (bicyclic) bond motifs is 1. The van der Waals surface area contributed by atoms with Gasteiger partial charge in [0, 0.05) is 18.5 Å². The highest BCUT2D eigenvalue weighted by Crippen LogP contribution is 2.25. The van der Waals surface area contributed by atoms with Crippen LogP contribution >= 0.6 is 0 Å². The van der Waals surface area contributed by atoms with Gasteiger partial charge in [-0.15, -0.1) is 0 Å². The lowest BCUT2D eigenvalue weighted by Crippen LogP contribution is -2.42. The summed E-state index contributed by atoms with van der Waals surface area (Å²) >= 11 is 0. The largest absolute Gasteiger partial charge is 0.390 e. The van der Waals surface area contributed by atoms with Gasteiger partial charge in [0.15, 0.2) is 6.61 Å². The number of benzene rings is 1. The molecule has 1 heterocycles. The first-order valence-corrected chi connectivity index (χ1v) is 9.04. The molecule has 9 heteroatoms. The van der Waals surface area contributed by atoms with Crippen molar-refractivity contribution in [2.24, 2.45) is 11.1 Å². The van der Waals surface area contributed by atoms with Crippen LogP contribution in [0.5, 0.6) is 0 Å². The Labute approximate surface area is 163 Å². The lowest BCUT2D eigenvalue weighted by molar-refractivity contribution is -0.120. The summed E-state index contributed by atoms with van der Waals surface area (Å²) in [6, 6.07) is 5.11. The Morgan fingerprint density at radius 1 is 1.32 bits per heavy atom. The molecular weight excluding hydrogens is 366 g/mol. The number of carbonyl (C=O) groups is 2. The van der Waals surface area contributed by atoms with E-state index >= 15 is 0 Å². The number of amides is 2. The van der Waals surface area contributed by atoms with Crippen LogP contribution in [0.3, 0.4) is 0 Å². The SMILES string of the molecule is CO[C@H](/C(=N/OCC(=O)Nc1ccc2c(c1)CC(=O)N2)[C@@H](O)[C@@H](C)O)C(C)C. The topological polar surface area (TPSA) is 129 Å². The lowest BCUT2D eigenvalue weighted by atomic mass is 9.96. The van der Waals surface area contributed by atoms with Gasteiger partial charge in [-0.3, -0.25) is 9.59 Å². The summed E-state index contributed by atoms with van der Waals surface area (Å²) in [5.41, 5.74) is 2.19. The molecule has 2 amide bonds. The van der Waals surface area contributed by atoms with Gasteiger partial charge in [-0.1, -0.05) is 19.0 Å². The molecule has 0 unspecified atom stereocenters. The average molecular weight is 393 g/mol. The fraction of sp³-hybridized carbons (Fsp3) is 0.526. The zero-order chi connectivity index (χ0) is 20.8. The minimum absolute atomic E-state index is 0.0303. The van der Waals surface area contributed by atoms with Gasteiger partial charge in [0.05, 0.1) is 12.5 Å². The number of nitrogens with one attached hydrogen (secondary N) is 2. The number of carbonyl (C=O) groups excluding carboxylic acids is 2. The molecule has 0 fully saturated rings. The predicted molar refractivity (Wildman–Crippen MR) is 104 cm³/mol. The van der Waals surface area contributed by atoms with Crippen LogP contribution in [-0.4, -0.2) is 59.8 Å². The van der Waals surface area contributed by atoms with Gasteiger partial charge in [0.1, 0.15) is 17.9 Å².